The van der Waals surface area contributed by atoms with Crippen molar-refractivity contribution in [3.8, 4) is 0 Å². The maximum atomic E-state index is 13.1. The van der Waals surface area contributed by atoms with Crippen molar-refractivity contribution in [2.45, 2.75) is 12.5 Å². The first-order valence-corrected chi connectivity index (χ1v) is 7.32. The first kappa shape index (κ1) is 17.0. The van der Waals surface area contributed by atoms with Gasteiger partial charge < -0.3 is 15.8 Å². The maximum Gasteiger partial charge on any atom is 0.357 e. The second-order valence-corrected chi connectivity index (χ2v) is 5.47. The lowest BCUT2D eigenvalue weighted by Gasteiger charge is -2.11. The number of nitrogens with two attached hydrogens (primary N) is 1. The second kappa shape index (κ2) is 7.25. The zero-order valence-electron chi connectivity index (χ0n) is 12.0. The third kappa shape index (κ3) is 4.54. The molecule has 1 aromatic carbocycles. The van der Waals surface area contributed by atoms with E-state index in [-0.39, 0.29) is 22.8 Å². The van der Waals surface area contributed by atoms with Crippen LogP contribution in [-0.2, 0) is 16.0 Å². The monoisotopic (exact) mass is 341 g/mol. The summed E-state index contributed by atoms with van der Waals surface area (Å²) in [5, 5.41) is 4.04. The number of carbonyl (C=O) groups excluding carboxylic acids is 2. The van der Waals surface area contributed by atoms with Crippen LogP contribution in [-0.4, -0.2) is 30.0 Å². The molecule has 2 aromatic rings. The van der Waals surface area contributed by atoms with Crippen LogP contribution in [0, 0.1) is 11.6 Å². The number of hydrogen-bond acceptors (Lipinski definition) is 6. The van der Waals surface area contributed by atoms with Crippen LogP contribution in [0.1, 0.15) is 16.1 Å². The van der Waals surface area contributed by atoms with Crippen molar-refractivity contribution in [1.29, 1.82) is 0 Å². The highest BCUT2D eigenvalue weighted by Crippen LogP contribution is 2.17. The van der Waals surface area contributed by atoms with Crippen LogP contribution in [0.4, 0.5) is 13.9 Å². The van der Waals surface area contributed by atoms with Gasteiger partial charge in [0.1, 0.15) is 11.6 Å². The quantitative estimate of drug-likeness (QED) is 0.808. The number of nitrogens with zero attached hydrogens (tertiary/aromatic N) is 1. The lowest BCUT2D eigenvalue weighted by Crippen LogP contribution is -2.37. The van der Waals surface area contributed by atoms with Crippen LogP contribution in [0.2, 0.25) is 0 Å². The van der Waals surface area contributed by atoms with Crippen molar-refractivity contribution >= 4 is 28.3 Å². The molecule has 6 nitrogen and oxygen atoms in total. The van der Waals surface area contributed by atoms with Gasteiger partial charge in [0.05, 0.1) is 13.2 Å². The van der Waals surface area contributed by atoms with Gasteiger partial charge in [-0.2, -0.15) is 0 Å². The standard InChI is InChI=1S/C14H13F2N3O3S/c1-22-13(21)11-6-23-14(18-11)19-12(20)10(17)4-7-2-8(15)5-9(16)3-7/h2-3,5-6,10H,4,17H2,1H3,(H,18,19,20). The van der Waals surface area contributed by atoms with E-state index in [4.69, 9.17) is 5.73 Å². The summed E-state index contributed by atoms with van der Waals surface area (Å²) in [5.74, 6) is -2.69. The van der Waals surface area contributed by atoms with E-state index in [1.807, 2.05) is 0 Å². The SMILES string of the molecule is COC(=O)c1csc(NC(=O)C(N)Cc2cc(F)cc(F)c2)n1. The van der Waals surface area contributed by atoms with Crippen LogP contribution in [0.3, 0.4) is 0 Å². The topological polar surface area (TPSA) is 94.3 Å². The molecule has 0 saturated heterocycles. The molecule has 122 valence electrons. The highest BCUT2D eigenvalue weighted by atomic mass is 32.1. The van der Waals surface area contributed by atoms with E-state index in [1.54, 1.807) is 0 Å². The van der Waals surface area contributed by atoms with Gasteiger partial charge in [-0.05, 0) is 24.1 Å². The van der Waals surface area contributed by atoms with Crippen molar-refractivity contribution < 1.29 is 23.1 Å². The summed E-state index contributed by atoms with van der Waals surface area (Å²) in [7, 11) is 1.22. The Morgan fingerprint density at radius 3 is 2.61 bits per heavy atom. The Hall–Kier alpha value is -2.39. The largest absolute Gasteiger partial charge is 0.464 e. The zero-order valence-corrected chi connectivity index (χ0v) is 12.8. The first-order valence-electron chi connectivity index (χ1n) is 6.44. The molecule has 1 atom stereocenters. The predicted molar refractivity (Wildman–Crippen MR) is 80.1 cm³/mol. The molecule has 2 rings (SSSR count). The maximum absolute atomic E-state index is 13.1. The van der Waals surface area contributed by atoms with E-state index in [0.717, 1.165) is 29.5 Å². The molecule has 9 heteroatoms. The Balaban J connectivity index is 1.99. The molecule has 1 amide bonds. The lowest BCUT2D eigenvalue weighted by atomic mass is 10.1. The molecule has 0 bridgehead atoms. The summed E-state index contributed by atoms with van der Waals surface area (Å²) in [5.41, 5.74) is 6.05. The fourth-order valence-electron chi connectivity index (χ4n) is 1.80. The van der Waals surface area contributed by atoms with Gasteiger partial charge in [0.15, 0.2) is 10.8 Å². The highest BCUT2D eigenvalue weighted by Gasteiger charge is 2.18. The van der Waals surface area contributed by atoms with Crippen molar-refractivity contribution in [2.75, 3.05) is 12.4 Å². The number of benzene rings is 1. The van der Waals surface area contributed by atoms with E-state index in [9.17, 15) is 18.4 Å². The normalized spacial score (nSPS) is 11.8. The Bertz CT molecular complexity index is 716. The number of amides is 1. The van der Waals surface area contributed by atoms with Gasteiger partial charge in [-0.1, -0.05) is 0 Å². The number of aromatic nitrogens is 1. The number of thiazole rings is 1. The number of methoxy groups -OCH3 is 1. The van der Waals surface area contributed by atoms with E-state index in [2.05, 4.69) is 15.0 Å². The average Bonchev–Trinajstić information content (AvgIpc) is 2.93. The highest BCUT2D eigenvalue weighted by molar-refractivity contribution is 7.14. The van der Waals surface area contributed by atoms with E-state index >= 15 is 0 Å². The molecule has 0 aliphatic rings. The predicted octanol–water partition coefficient (Wildman–Crippen LogP) is 1.72. The number of carbonyl (C=O) groups is 2. The molecule has 0 saturated carbocycles. The number of esters is 1. The molecule has 0 radical (unpaired) electrons. The Kier molecular flexibility index (Phi) is 5.35. The van der Waals surface area contributed by atoms with Crippen LogP contribution < -0.4 is 11.1 Å². The molecule has 23 heavy (non-hydrogen) atoms. The van der Waals surface area contributed by atoms with Crippen LogP contribution in [0.25, 0.3) is 0 Å². The second-order valence-electron chi connectivity index (χ2n) is 4.61. The van der Waals surface area contributed by atoms with Gasteiger partial charge in [-0.3, -0.25) is 4.79 Å². The fourth-order valence-corrected chi connectivity index (χ4v) is 2.49. The molecular weight excluding hydrogens is 328 g/mol. The molecule has 0 spiro atoms. The van der Waals surface area contributed by atoms with Crippen molar-refractivity contribution in [3.63, 3.8) is 0 Å². The summed E-state index contributed by atoms with van der Waals surface area (Å²) in [6.45, 7) is 0. The number of nitrogens with one attached hydrogen (secondary N) is 1. The minimum Gasteiger partial charge on any atom is -0.464 e. The lowest BCUT2D eigenvalue weighted by molar-refractivity contribution is -0.117. The summed E-state index contributed by atoms with van der Waals surface area (Å²) < 4.78 is 30.7. The molecule has 1 unspecified atom stereocenters. The molecule has 0 aliphatic heterocycles. The molecule has 3 N–H and O–H groups in total. The van der Waals surface area contributed by atoms with Gasteiger partial charge in [-0.15, -0.1) is 11.3 Å². The number of halogens is 2. The summed E-state index contributed by atoms with van der Waals surface area (Å²) in [6, 6.07) is 1.92. The number of anilines is 1. The third-order valence-corrected chi connectivity index (χ3v) is 3.60. The van der Waals surface area contributed by atoms with Gasteiger partial charge in [0.2, 0.25) is 5.91 Å². The molecule has 0 aliphatic carbocycles. The molecule has 1 aromatic heterocycles. The first-order chi connectivity index (χ1) is 10.9. The molecule has 0 fully saturated rings. The molecular formula is C14H13F2N3O3S. The Morgan fingerprint density at radius 2 is 2.00 bits per heavy atom. The van der Waals surface area contributed by atoms with Gasteiger partial charge in [0, 0.05) is 11.4 Å². The van der Waals surface area contributed by atoms with Crippen molar-refractivity contribution in [1.82, 2.24) is 4.98 Å². The van der Waals surface area contributed by atoms with E-state index in [1.165, 1.54) is 12.5 Å². The Morgan fingerprint density at radius 1 is 1.35 bits per heavy atom. The number of rotatable bonds is 5. The zero-order chi connectivity index (χ0) is 17.0. The number of ether oxygens (including phenoxy) is 1. The van der Waals surface area contributed by atoms with Gasteiger partial charge in [0.25, 0.3) is 0 Å². The van der Waals surface area contributed by atoms with Crippen LogP contribution >= 0.6 is 11.3 Å². The molecule has 1 heterocycles. The van der Waals surface area contributed by atoms with E-state index < -0.39 is 29.6 Å². The Labute approximate surface area is 134 Å². The fraction of sp³-hybridized carbons (Fsp3) is 0.214. The minimum atomic E-state index is -1.03. The van der Waals surface area contributed by atoms with Gasteiger partial charge >= 0.3 is 5.97 Å². The van der Waals surface area contributed by atoms with Crippen LogP contribution in [0.5, 0.6) is 0 Å². The van der Waals surface area contributed by atoms with E-state index in [0.29, 0.717) is 0 Å². The average molecular weight is 341 g/mol. The van der Waals surface area contributed by atoms with Crippen LogP contribution in [0.15, 0.2) is 23.6 Å². The smallest absolute Gasteiger partial charge is 0.357 e. The van der Waals surface area contributed by atoms with Gasteiger partial charge in [-0.25, -0.2) is 18.6 Å². The third-order valence-electron chi connectivity index (χ3n) is 2.84. The number of hydrogen-bond donors (Lipinski definition) is 2. The minimum absolute atomic E-state index is 0.0459. The van der Waals surface area contributed by atoms with Crippen molar-refractivity contribution in [3.05, 3.63) is 46.5 Å². The van der Waals surface area contributed by atoms with Crippen molar-refractivity contribution in [2.24, 2.45) is 5.73 Å². The summed E-state index contributed by atoms with van der Waals surface area (Å²) in [6.07, 6.45) is -0.0459. The summed E-state index contributed by atoms with van der Waals surface area (Å²) >= 11 is 1.03. The summed E-state index contributed by atoms with van der Waals surface area (Å²) in [4.78, 5) is 27.1.